The van der Waals surface area contributed by atoms with Crippen LogP contribution in [0.5, 0.6) is 11.5 Å². The van der Waals surface area contributed by atoms with Crippen molar-refractivity contribution in [1.82, 2.24) is 9.88 Å². The Kier molecular flexibility index (Phi) is 5.83. The number of carbonyl (C=O) groups excluding carboxylic acids is 1. The minimum absolute atomic E-state index is 0.0538. The van der Waals surface area contributed by atoms with Crippen molar-refractivity contribution in [2.75, 3.05) is 21.3 Å². The molecular formula is C23H26N2O3. The van der Waals surface area contributed by atoms with E-state index in [4.69, 9.17) is 9.47 Å². The highest BCUT2D eigenvalue weighted by molar-refractivity contribution is 5.86. The van der Waals surface area contributed by atoms with Gasteiger partial charge in [0.15, 0.2) is 11.5 Å². The van der Waals surface area contributed by atoms with Crippen LogP contribution in [0.1, 0.15) is 22.4 Å². The number of aromatic nitrogens is 1. The Bertz CT molecular complexity index is 1010. The Balaban J connectivity index is 1.79. The van der Waals surface area contributed by atoms with E-state index in [0.717, 1.165) is 33.3 Å². The third kappa shape index (κ3) is 3.93. The molecule has 1 amide bonds. The van der Waals surface area contributed by atoms with Gasteiger partial charge >= 0.3 is 0 Å². The zero-order chi connectivity index (χ0) is 20.3. The van der Waals surface area contributed by atoms with Crippen LogP contribution in [0.4, 0.5) is 0 Å². The van der Waals surface area contributed by atoms with E-state index in [1.807, 2.05) is 50.4 Å². The van der Waals surface area contributed by atoms with Gasteiger partial charge in [-0.15, -0.1) is 0 Å². The van der Waals surface area contributed by atoms with Gasteiger partial charge < -0.3 is 14.4 Å². The first-order valence-electron chi connectivity index (χ1n) is 9.24. The lowest BCUT2D eigenvalue weighted by Crippen LogP contribution is -2.28. The third-order valence-electron chi connectivity index (χ3n) is 5.11. The number of methoxy groups -OCH3 is 2. The van der Waals surface area contributed by atoms with Gasteiger partial charge in [0.1, 0.15) is 0 Å². The summed E-state index contributed by atoms with van der Waals surface area (Å²) in [6.07, 6.45) is 0.333. The Morgan fingerprint density at radius 1 is 1.04 bits per heavy atom. The number of pyridine rings is 1. The van der Waals surface area contributed by atoms with Gasteiger partial charge in [0.05, 0.1) is 26.2 Å². The lowest BCUT2D eigenvalue weighted by Gasteiger charge is -2.20. The summed E-state index contributed by atoms with van der Waals surface area (Å²) in [5.41, 5.74) is 4.98. The molecule has 0 spiro atoms. The predicted octanol–water partition coefficient (Wildman–Crippen LogP) is 4.07. The molecule has 3 rings (SSSR count). The Hall–Kier alpha value is -3.08. The molecule has 5 heteroatoms. The van der Waals surface area contributed by atoms with Gasteiger partial charge in [-0.2, -0.15) is 0 Å². The number of hydrogen-bond acceptors (Lipinski definition) is 4. The fourth-order valence-corrected chi connectivity index (χ4v) is 3.46. The second-order valence-corrected chi connectivity index (χ2v) is 6.93. The summed E-state index contributed by atoms with van der Waals surface area (Å²) in [5.74, 6) is 1.39. The second kappa shape index (κ2) is 8.30. The highest BCUT2D eigenvalue weighted by Gasteiger charge is 2.16. The maximum Gasteiger partial charge on any atom is 0.227 e. The lowest BCUT2D eigenvalue weighted by molar-refractivity contribution is -0.129. The number of carbonyl (C=O) groups is 1. The van der Waals surface area contributed by atoms with Crippen LogP contribution in [0.2, 0.25) is 0 Å². The van der Waals surface area contributed by atoms with E-state index in [1.165, 1.54) is 0 Å². The molecule has 0 saturated carbocycles. The van der Waals surface area contributed by atoms with E-state index in [9.17, 15) is 4.79 Å². The fourth-order valence-electron chi connectivity index (χ4n) is 3.46. The average molecular weight is 378 g/mol. The van der Waals surface area contributed by atoms with Gasteiger partial charge in [0.2, 0.25) is 5.91 Å². The van der Waals surface area contributed by atoms with Crippen molar-refractivity contribution in [1.29, 1.82) is 0 Å². The molecule has 1 heterocycles. The van der Waals surface area contributed by atoms with Crippen LogP contribution in [0.25, 0.3) is 10.9 Å². The SMILES string of the molecule is COc1ccc(CN(C)C(=O)Cc2c(C)nc3ccccc3c2C)cc1OC. The summed E-state index contributed by atoms with van der Waals surface area (Å²) >= 11 is 0. The third-order valence-corrected chi connectivity index (χ3v) is 5.11. The molecule has 0 atom stereocenters. The largest absolute Gasteiger partial charge is 0.493 e. The maximum absolute atomic E-state index is 12.9. The Morgan fingerprint density at radius 2 is 1.75 bits per heavy atom. The van der Waals surface area contributed by atoms with Gasteiger partial charge in [-0.05, 0) is 48.7 Å². The number of hydrogen-bond donors (Lipinski definition) is 0. The number of amides is 1. The van der Waals surface area contributed by atoms with Gasteiger partial charge in [0.25, 0.3) is 0 Å². The molecule has 1 aromatic heterocycles. The summed E-state index contributed by atoms with van der Waals surface area (Å²) in [6, 6.07) is 13.7. The van der Waals surface area contributed by atoms with Crippen LogP contribution in [0, 0.1) is 13.8 Å². The molecule has 5 nitrogen and oxygen atoms in total. The first kappa shape index (κ1) is 19.7. The zero-order valence-corrected chi connectivity index (χ0v) is 17.1. The summed E-state index contributed by atoms with van der Waals surface area (Å²) in [4.78, 5) is 19.3. The normalized spacial score (nSPS) is 10.8. The van der Waals surface area contributed by atoms with Gasteiger partial charge in [-0.1, -0.05) is 24.3 Å². The Labute approximate surface area is 165 Å². The van der Waals surface area contributed by atoms with Gasteiger partial charge in [-0.3, -0.25) is 9.78 Å². The number of rotatable bonds is 6. The van der Waals surface area contributed by atoms with Crippen LogP contribution in [0.15, 0.2) is 42.5 Å². The first-order valence-corrected chi connectivity index (χ1v) is 9.24. The standard InChI is InChI=1S/C23H26N2O3/c1-15-18-8-6-7-9-20(18)24-16(2)19(15)13-23(26)25(3)14-17-10-11-21(27-4)22(12-17)28-5/h6-12H,13-14H2,1-5H3. The van der Waals surface area contributed by atoms with Crippen LogP contribution in [-0.4, -0.2) is 37.1 Å². The molecule has 0 fully saturated rings. The molecule has 2 aromatic carbocycles. The number of ether oxygens (including phenoxy) is 2. The van der Waals surface area contributed by atoms with E-state index in [1.54, 1.807) is 19.1 Å². The summed E-state index contributed by atoms with van der Waals surface area (Å²) in [5, 5.41) is 1.10. The van der Waals surface area contributed by atoms with Crippen LogP contribution in [0.3, 0.4) is 0 Å². The molecule has 0 N–H and O–H groups in total. The maximum atomic E-state index is 12.9. The fraction of sp³-hybridized carbons (Fsp3) is 0.304. The number of likely N-dealkylation sites (N-methyl/N-ethyl adjacent to an activating group) is 1. The minimum Gasteiger partial charge on any atom is -0.493 e. The number of aryl methyl sites for hydroxylation is 2. The molecule has 28 heavy (non-hydrogen) atoms. The smallest absolute Gasteiger partial charge is 0.227 e. The van der Waals surface area contributed by atoms with Crippen LogP contribution in [-0.2, 0) is 17.8 Å². The second-order valence-electron chi connectivity index (χ2n) is 6.93. The molecule has 146 valence electrons. The quantitative estimate of drug-likeness (QED) is 0.649. The molecule has 0 aliphatic heterocycles. The van der Waals surface area contributed by atoms with Crippen molar-refractivity contribution in [3.8, 4) is 11.5 Å². The van der Waals surface area contributed by atoms with Gasteiger partial charge in [0, 0.05) is 24.7 Å². The van der Waals surface area contributed by atoms with Crippen molar-refractivity contribution >= 4 is 16.8 Å². The summed E-state index contributed by atoms with van der Waals surface area (Å²) in [6.45, 7) is 4.53. The molecule has 0 saturated heterocycles. The number of para-hydroxylation sites is 1. The van der Waals surface area contributed by atoms with E-state index >= 15 is 0 Å². The highest BCUT2D eigenvalue weighted by Crippen LogP contribution is 2.28. The monoisotopic (exact) mass is 378 g/mol. The van der Waals surface area contributed by atoms with Gasteiger partial charge in [-0.25, -0.2) is 0 Å². The summed E-state index contributed by atoms with van der Waals surface area (Å²) in [7, 11) is 5.03. The van der Waals surface area contributed by atoms with Crippen molar-refractivity contribution in [2.45, 2.75) is 26.8 Å². The molecule has 0 radical (unpaired) electrons. The summed E-state index contributed by atoms with van der Waals surface area (Å²) < 4.78 is 10.6. The molecule has 0 unspecified atom stereocenters. The van der Waals surface area contributed by atoms with Crippen LogP contribution >= 0.6 is 0 Å². The molecular weight excluding hydrogens is 352 g/mol. The molecule has 0 aliphatic rings. The van der Waals surface area contributed by atoms with E-state index in [0.29, 0.717) is 24.5 Å². The van der Waals surface area contributed by atoms with Crippen molar-refractivity contribution in [3.05, 3.63) is 64.8 Å². The highest BCUT2D eigenvalue weighted by atomic mass is 16.5. The topological polar surface area (TPSA) is 51.7 Å². The lowest BCUT2D eigenvalue weighted by atomic mass is 9.99. The van der Waals surface area contributed by atoms with Crippen molar-refractivity contribution in [2.24, 2.45) is 0 Å². The van der Waals surface area contributed by atoms with Crippen molar-refractivity contribution in [3.63, 3.8) is 0 Å². The molecule has 0 bridgehead atoms. The number of fused-ring (bicyclic) bond motifs is 1. The zero-order valence-electron chi connectivity index (χ0n) is 17.1. The molecule has 0 aliphatic carbocycles. The first-order chi connectivity index (χ1) is 13.4. The van der Waals surface area contributed by atoms with Crippen molar-refractivity contribution < 1.29 is 14.3 Å². The molecule has 3 aromatic rings. The predicted molar refractivity (Wildman–Crippen MR) is 111 cm³/mol. The van der Waals surface area contributed by atoms with E-state index in [2.05, 4.69) is 18.0 Å². The average Bonchev–Trinajstić information content (AvgIpc) is 2.70. The van der Waals surface area contributed by atoms with E-state index < -0.39 is 0 Å². The number of benzene rings is 2. The van der Waals surface area contributed by atoms with E-state index in [-0.39, 0.29) is 5.91 Å². The van der Waals surface area contributed by atoms with Crippen LogP contribution < -0.4 is 9.47 Å². The Morgan fingerprint density at radius 3 is 2.46 bits per heavy atom. The minimum atomic E-state index is 0.0538. The number of nitrogens with zero attached hydrogens (tertiary/aromatic N) is 2.